The molecule has 26 heavy (non-hydrogen) atoms. The van der Waals surface area contributed by atoms with Gasteiger partial charge >= 0.3 is 5.97 Å². The molecule has 0 saturated heterocycles. The Morgan fingerprint density at radius 1 is 1.19 bits per heavy atom. The summed E-state index contributed by atoms with van der Waals surface area (Å²) in [5, 5.41) is 10.2. The van der Waals surface area contributed by atoms with Crippen LogP contribution in [0.25, 0.3) is 10.9 Å². The number of benzene rings is 2. The van der Waals surface area contributed by atoms with Gasteiger partial charge in [-0.05, 0) is 36.2 Å². The van der Waals surface area contributed by atoms with E-state index in [2.05, 4.69) is 18.8 Å². The molecule has 3 aromatic rings. The predicted molar refractivity (Wildman–Crippen MR) is 102 cm³/mol. The van der Waals surface area contributed by atoms with E-state index >= 15 is 0 Å². The second-order valence-electron chi connectivity index (χ2n) is 6.11. The van der Waals surface area contributed by atoms with Gasteiger partial charge in [0, 0.05) is 16.5 Å². The van der Waals surface area contributed by atoms with E-state index in [0.717, 1.165) is 11.3 Å². The zero-order valence-corrected chi connectivity index (χ0v) is 15.9. The Hall–Kier alpha value is -2.37. The number of carboxylic acid groups (broad SMARTS) is 1. The number of ether oxygens (including phenoxy) is 2. The zero-order chi connectivity index (χ0) is 19.0. The molecule has 0 unspecified atom stereocenters. The van der Waals surface area contributed by atoms with E-state index in [1.54, 1.807) is 19.2 Å². The molecular weight excluding hydrogens is 377 g/mol. The molecule has 0 bridgehead atoms. The molecule has 1 heterocycles. The highest BCUT2D eigenvalue weighted by Crippen LogP contribution is 2.42. The second kappa shape index (κ2) is 7.09. The van der Waals surface area contributed by atoms with E-state index < -0.39 is 5.97 Å². The number of methoxy groups -OCH3 is 1. The number of fused-ring (bicyclic) bond motifs is 1. The number of halogens is 2. The van der Waals surface area contributed by atoms with Gasteiger partial charge in [-0.3, -0.25) is 0 Å². The Morgan fingerprint density at radius 2 is 1.92 bits per heavy atom. The van der Waals surface area contributed by atoms with Crippen molar-refractivity contribution in [3.05, 3.63) is 51.6 Å². The summed E-state index contributed by atoms with van der Waals surface area (Å²) in [6.07, 6.45) is 0. The first-order chi connectivity index (χ1) is 12.3. The number of carboxylic acids is 1. The standard InChI is InChI=1S/C19H17Cl2NO4/c1-9(2)11-6-10(4-5-16(11)25-3)26-18-13(20)8-14-12(17(18)21)7-15(22-14)19(23)24/h4-9,22H,1-3H3,(H,23,24). The van der Waals surface area contributed by atoms with Gasteiger partial charge in [0.05, 0.1) is 17.2 Å². The molecule has 2 aromatic carbocycles. The summed E-state index contributed by atoms with van der Waals surface area (Å²) in [5.74, 6) is 0.775. The van der Waals surface area contributed by atoms with Crippen molar-refractivity contribution < 1.29 is 19.4 Å². The highest BCUT2D eigenvalue weighted by atomic mass is 35.5. The number of aromatic amines is 1. The van der Waals surface area contributed by atoms with Crippen LogP contribution >= 0.6 is 23.2 Å². The van der Waals surface area contributed by atoms with Crippen LogP contribution in [-0.4, -0.2) is 23.2 Å². The monoisotopic (exact) mass is 393 g/mol. The molecule has 0 aliphatic rings. The van der Waals surface area contributed by atoms with Crippen molar-refractivity contribution in [3.63, 3.8) is 0 Å². The quantitative estimate of drug-likeness (QED) is 0.549. The third-order valence-corrected chi connectivity index (χ3v) is 4.70. The Balaban J connectivity index is 2.06. The Bertz CT molecular complexity index is 995. The molecule has 1 aromatic heterocycles. The minimum absolute atomic E-state index is 0.0293. The van der Waals surface area contributed by atoms with Crippen molar-refractivity contribution >= 4 is 40.1 Å². The zero-order valence-electron chi connectivity index (χ0n) is 14.4. The van der Waals surface area contributed by atoms with Gasteiger partial charge in [0.2, 0.25) is 0 Å². The van der Waals surface area contributed by atoms with Crippen LogP contribution in [0, 0.1) is 0 Å². The molecule has 5 nitrogen and oxygen atoms in total. The third kappa shape index (κ3) is 3.32. The average Bonchev–Trinajstić information content (AvgIpc) is 3.02. The molecule has 0 saturated carbocycles. The number of carbonyl (C=O) groups is 1. The first kappa shape index (κ1) is 18.4. The fourth-order valence-corrected chi connectivity index (χ4v) is 3.33. The van der Waals surface area contributed by atoms with Gasteiger partial charge in [0.1, 0.15) is 17.2 Å². The lowest BCUT2D eigenvalue weighted by molar-refractivity contribution is 0.0691. The van der Waals surface area contributed by atoms with E-state index in [1.807, 2.05) is 12.1 Å². The molecule has 0 spiro atoms. The van der Waals surface area contributed by atoms with Gasteiger partial charge in [0.15, 0.2) is 5.75 Å². The summed E-state index contributed by atoms with van der Waals surface area (Å²) in [5.41, 5.74) is 1.55. The maximum atomic E-state index is 11.2. The summed E-state index contributed by atoms with van der Waals surface area (Å²) < 4.78 is 11.3. The summed E-state index contributed by atoms with van der Waals surface area (Å²) in [6, 6.07) is 8.51. The molecule has 2 N–H and O–H groups in total. The van der Waals surface area contributed by atoms with E-state index in [-0.39, 0.29) is 27.4 Å². The molecule has 0 radical (unpaired) electrons. The van der Waals surface area contributed by atoms with Crippen LogP contribution in [0.15, 0.2) is 30.3 Å². The van der Waals surface area contributed by atoms with Gasteiger partial charge in [0.25, 0.3) is 0 Å². The fourth-order valence-electron chi connectivity index (χ4n) is 2.74. The number of aromatic nitrogens is 1. The lowest BCUT2D eigenvalue weighted by atomic mass is 10.0. The lowest BCUT2D eigenvalue weighted by Gasteiger charge is -2.15. The van der Waals surface area contributed by atoms with Crippen LogP contribution in [0.1, 0.15) is 35.8 Å². The smallest absolute Gasteiger partial charge is 0.352 e. The van der Waals surface area contributed by atoms with Gasteiger partial charge in [-0.2, -0.15) is 0 Å². The highest BCUT2D eigenvalue weighted by Gasteiger charge is 2.18. The van der Waals surface area contributed by atoms with Crippen LogP contribution in [0.2, 0.25) is 10.0 Å². The number of rotatable bonds is 5. The minimum atomic E-state index is -1.08. The number of nitrogens with one attached hydrogen (secondary N) is 1. The predicted octanol–water partition coefficient (Wildman–Crippen LogP) is 6.10. The molecule has 0 aliphatic carbocycles. The summed E-state index contributed by atoms with van der Waals surface area (Å²) in [6.45, 7) is 4.11. The maximum absolute atomic E-state index is 11.2. The molecule has 0 aliphatic heterocycles. The van der Waals surface area contributed by atoms with E-state index in [1.165, 1.54) is 6.07 Å². The van der Waals surface area contributed by atoms with Gasteiger partial charge in [-0.1, -0.05) is 37.0 Å². The topological polar surface area (TPSA) is 71.5 Å². The van der Waals surface area contributed by atoms with E-state index in [4.69, 9.17) is 37.8 Å². The molecule has 0 amide bonds. The fraction of sp³-hybridized carbons (Fsp3) is 0.211. The van der Waals surface area contributed by atoms with Crippen molar-refractivity contribution in [1.29, 1.82) is 0 Å². The van der Waals surface area contributed by atoms with E-state index in [0.29, 0.717) is 16.7 Å². The summed E-state index contributed by atoms with van der Waals surface area (Å²) in [4.78, 5) is 13.9. The number of aromatic carboxylic acids is 1. The average molecular weight is 394 g/mol. The van der Waals surface area contributed by atoms with Crippen molar-refractivity contribution in [1.82, 2.24) is 4.98 Å². The lowest BCUT2D eigenvalue weighted by Crippen LogP contribution is -1.96. The molecular formula is C19H17Cl2NO4. The first-order valence-electron chi connectivity index (χ1n) is 7.91. The number of hydrogen-bond acceptors (Lipinski definition) is 3. The Kier molecular flexibility index (Phi) is 5.03. The molecule has 3 rings (SSSR count). The summed E-state index contributed by atoms with van der Waals surface area (Å²) >= 11 is 12.7. The van der Waals surface area contributed by atoms with Gasteiger partial charge in [-0.15, -0.1) is 0 Å². The largest absolute Gasteiger partial charge is 0.496 e. The molecule has 0 atom stereocenters. The first-order valence-corrected chi connectivity index (χ1v) is 8.67. The summed E-state index contributed by atoms with van der Waals surface area (Å²) in [7, 11) is 1.62. The molecule has 0 fully saturated rings. The van der Waals surface area contributed by atoms with E-state index in [9.17, 15) is 4.79 Å². The van der Waals surface area contributed by atoms with Crippen LogP contribution in [-0.2, 0) is 0 Å². The second-order valence-corrected chi connectivity index (χ2v) is 6.90. The van der Waals surface area contributed by atoms with Gasteiger partial charge < -0.3 is 19.6 Å². The van der Waals surface area contributed by atoms with Crippen molar-refractivity contribution in [2.75, 3.05) is 7.11 Å². The Morgan fingerprint density at radius 3 is 2.54 bits per heavy atom. The van der Waals surface area contributed by atoms with Crippen molar-refractivity contribution in [2.24, 2.45) is 0 Å². The van der Waals surface area contributed by atoms with Crippen LogP contribution in [0.3, 0.4) is 0 Å². The molecule has 7 heteroatoms. The highest BCUT2D eigenvalue weighted by molar-refractivity contribution is 6.41. The van der Waals surface area contributed by atoms with Crippen molar-refractivity contribution in [3.8, 4) is 17.2 Å². The number of H-pyrrole nitrogens is 1. The van der Waals surface area contributed by atoms with Crippen LogP contribution in [0.4, 0.5) is 0 Å². The van der Waals surface area contributed by atoms with Crippen molar-refractivity contribution in [2.45, 2.75) is 19.8 Å². The minimum Gasteiger partial charge on any atom is -0.496 e. The van der Waals surface area contributed by atoms with Crippen LogP contribution < -0.4 is 9.47 Å². The third-order valence-electron chi connectivity index (χ3n) is 4.05. The normalized spacial score (nSPS) is 11.2. The SMILES string of the molecule is COc1ccc(Oc2c(Cl)cc3[nH]c(C(=O)O)cc3c2Cl)cc1C(C)C. The van der Waals surface area contributed by atoms with Gasteiger partial charge in [-0.25, -0.2) is 4.79 Å². The molecule has 136 valence electrons. The number of hydrogen-bond donors (Lipinski definition) is 2. The maximum Gasteiger partial charge on any atom is 0.352 e. The van der Waals surface area contributed by atoms with Crippen LogP contribution in [0.5, 0.6) is 17.2 Å². The Labute approximate surface area is 160 Å².